The molecule has 0 unspecified atom stereocenters. The monoisotopic (exact) mass is 820 g/mol. The second kappa shape index (κ2) is 17.4. The summed E-state index contributed by atoms with van der Waals surface area (Å²) in [6, 6.07) is 91.9. The molecule has 2 heteroatoms. The van der Waals surface area contributed by atoms with Crippen LogP contribution in [0.25, 0.3) is 33.9 Å². The van der Waals surface area contributed by atoms with Gasteiger partial charge in [-0.05, 0) is 87.7 Å². The molecule has 0 bridgehead atoms. The Hall–Kier alpha value is -7.94. The zero-order valence-electron chi connectivity index (χ0n) is 36.1. The van der Waals surface area contributed by atoms with Crippen molar-refractivity contribution in [2.24, 2.45) is 0 Å². The molecule has 0 saturated heterocycles. The molecule has 0 aliphatic rings. The molecule has 2 nitrogen and oxygen atoms in total. The van der Waals surface area contributed by atoms with Crippen LogP contribution < -0.4 is 0 Å². The predicted octanol–water partition coefficient (Wildman–Crippen LogP) is 14.9. The minimum Gasteiger partial charge on any atom is -0.228 e. The zero-order valence-corrected chi connectivity index (χ0v) is 36.1. The number of hydrogen-bond acceptors (Lipinski definition) is 2. The first-order valence-electron chi connectivity index (χ1n) is 22.1. The number of aromatic nitrogens is 2. The molecule has 0 fully saturated rings. The number of rotatable bonds is 11. The second-order valence-corrected chi connectivity index (χ2v) is 16.6. The van der Waals surface area contributed by atoms with E-state index in [0.29, 0.717) is 5.82 Å². The van der Waals surface area contributed by atoms with E-state index >= 15 is 0 Å². The van der Waals surface area contributed by atoms with E-state index in [1.165, 1.54) is 33.4 Å². The van der Waals surface area contributed by atoms with E-state index in [2.05, 4.69) is 269 Å². The van der Waals surface area contributed by atoms with Crippen molar-refractivity contribution in [3.63, 3.8) is 0 Å². The summed E-state index contributed by atoms with van der Waals surface area (Å²) >= 11 is 0. The Kier molecular flexibility index (Phi) is 10.9. The van der Waals surface area contributed by atoms with Crippen LogP contribution in [0.4, 0.5) is 0 Å². The topological polar surface area (TPSA) is 25.8 Å². The summed E-state index contributed by atoms with van der Waals surface area (Å²) in [7, 11) is 0. The van der Waals surface area contributed by atoms with Gasteiger partial charge in [0.15, 0.2) is 5.82 Å². The maximum absolute atomic E-state index is 5.47. The van der Waals surface area contributed by atoms with Crippen LogP contribution in [-0.2, 0) is 10.8 Å². The van der Waals surface area contributed by atoms with Gasteiger partial charge in [-0.15, -0.1) is 0 Å². The molecule has 0 atom stereocenters. The Morgan fingerprint density at radius 3 is 0.828 bits per heavy atom. The maximum atomic E-state index is 5.47. The lowest BCUT2D eigenvalue weighted by Crippen LogP contribution is -2.31. The molecule has 0 aliphatic carbocycles. The Morgan fingerprint density at radius 2 is 0.531 bits per heavy atom. The number of benzene rings is 9. The smallest absolute Gasteiger partial charge is 0.160 e. The molecule has 0 radical (unpaired) electrons. The van der Waals surface area contributed by atoms with Gasteiger partial charge in [0, 0.05) is 16.7 Å². The summed E-state index contributed by atoms with van der Waals surface area (Å²) in [4.78, 5) is 10.9. The molecule has 0 aliphatic heterocycles. The molecule has 1 aromatic heterocycles. The summed E-state index contributed by atoms with van der Waals surface area (Å²) in [5.41, 5.74) is 15.4. The van der Waals surface area contributed by atoms with E-state index < -0.39 is 10.8 Å². The lowest BCUT2D eigenvalue weighted by molar-refractivity contribution is 0.745. The number of hydrogen-bond donors (Lipinski definition) is 0. The van der Waals surface area contributed by atoms with Crippen molar-refractivity contribution < 1.29 is 0 Å². The molecule has 0 saturated carbocycles. The van der Waals surface area contributed by atoms with Gasteiger partial charge in [0.1, 0.15) is 0 Å². The third-order valence-corrected chi connectivity index (χ3v) is 12.9. The van der Waals surface area contributed by atoms with Crippen LogP contribution in [0.5, 0.6) is 0 Å². The summed E-state index contributed by atoms with van der Waals surface area (Å²) in [6.45, 7) is 4.31. The van der Waals surface area contributed by atoms with Crippen LogP contribution >= 0.6 is 0 Å². The number of aryl methyl sites for hydroxylation is 2. The molecular weight excluding hydrogens is 773 g/mol. The van der Waals surface area contributed by atoms with Gasteiger partial charge in [-0.3, -0.25) is 0 Å². The fraction of sp³-hybridized carbons (Fsp3) is 0.0645. The van der Waals surface area contributed by atoms with Crippen LogP contribution in [0, 0.1) is 13.8 Å². The summed E-state index contributed by atoms with van der Waals surface area (Å²) in [5.74, 6) is 0.708. The Labute approximate surface area is 377 Å². The van der Waals surface area contributed by atoms with Gasteiger partial charge in [-0.1, -0.05) is 237 Å². The Morgan fingerprint density at radius 1 is 0.266 bits per heavy atom. The van der Waals surface area contributed by atoms with Crippen molar-refractivity contribution in [1.82, 2.24) is 9.97 Å². The van der Waals surface area contributed by atoms with Crippen LogP contribution in [0.15, 0.2) is 255 Å². The van der Waals surface area contributed by atoms with Crippen molar-refractivity contribution >= 4 is 0 Å². The largest absolute Gasteiger partial charge is 0.228 e. The summed E-state index contributed by atoms with van der Waals surface area (Å²) in [5, 5.41) is 0. The Balaban J connectivity index is 1.22. The number of nitrogens with zero attached hydrogens (tertiary/aromatic N) is 2. The zero-order chi connectivity index (χ0) is 43.4. The van der Waals surface area contributed by atoms with Crippen molar-refractivity contribution in [2.75, 3.05) is 0 Å². The molecule has 306 valence electrons. The third-order valence-electron chi connectivity index (χ3n) is 12.9. The molecule has 0 spiro atoms. The van der Waals surface area contributed by atoms with Crippen LogP contribution in [0.2, 0.25) is 0 Å². The second-order valence-electron chi connectivity index (χ2n) is 16.6. The van der Waals surface area contributed by atoms with Crippen molar-refractivity contribution in [3.8, 4) is 33.9 Å². The molecule has 10 rings (SSSR count). The fourth-order valence-electron chi connectivity index (χ4n) is 9.97. The molecule has 64 heavy (non-hydrogen) atoms. The van der Waals surface area contributed by atoms with Crippen LogP contribution in [0.1, 0.15) is 55.6 Å². The van der Waals surface area contributed by atoms with E-state index in [9.17, 15) is 0 Å². The van der Waals surface area contributed by atoms with Gasteiger partial charge in [-0.2, -0.15) is 0 Å². The molecule has 0 amide bonds. The fourth-order valence-corrected chi connectivity index (χ4v) is 9.97. The van der Waals surface area contributed by atoms with Gasteiger partial charge in [-0.25, -0.2) is 9.97 Å². The molecule has 1 heterocycles. The van der Waals surface area contributed by atoms with E-state index in [4.69, 9.17) is 9.97 Å². The van der Waals surface area contributed by atoms with Gasteiger partial charge in [0.05, 0.1) is 22.2 Å². The normalized spacial score (nSPS) is 11.6. The first kappa shape index (κ1) is 40.2. The Bertz CT molecular complexity index is 2750. The van der Waals surface area contributed by atoms with Crippen LogP contribution in [0.3, 0.4) is 0 Å². The van der Waals surface area contributed by atoms with E-state index in [1.807, 2.05) is 0 Å². The summed E-state index contributed by atoms with van der Waals surface area (Å²) in [6.07, 6.45) is 0. The SMILES string of the molecule is Cc1cccc(C)c1-c1nc(-c2cccc(C(c3ccccc3)(c3ccccc3)c3ccccc3)c2)cc(-c2cccc(C(c3ccccc3)(c3ccccc3)c3ccccc3)c2)n1. The van der Waals surface area contributed by atoms with Crippen molar-refractivity contribution in [3.05, 3.63) is 310 Å². The molecule has 9 aromatic carbocycles. The quantitative estimate of drug-likeness (QED) is 0.122. The van der Waals surface area contributed by atoms with Crippen LogP contribution in [-0.4, -0.2) is 9.97 Å². The highest BCUT2D eigenvalue weighted by molar-refractivity contribution is 5.76. The highest BCUT2D eigenvalue weighted by Gasteiger charge is 2.40. The maximum Gasteiger partial charge on any atom is 0.160 e. The van der Waals surface area contributed by atoms with E-state index in [1.54, 1.807) is 0 Å². The van der Waals surface area contributed by atoms with Gasteiger partial charge >= 0.3 is 0 Å². The van der Waals surface area contributed by atoms with Gasteiger partial charge < -0.3 is 0 Å². The molecule has 10 aromatic rings. The molecule has 0 N–H and O–H groups in total. The first-order valence-corrected chi connectivity index (χ1v) is 22.1. The highest BCUT2D eigenvalue weighted by atomic mass is 14.9. The lowest BCUT2D eigenvalue weighted by atomic mass is 9.65. The molecular formula is C62H48N2. The predicted molar refractivity (Wildman–Crippen MR) is 264 cm³/mol. The van der Waals surface area contributed by atoms with Crippen molar-refractivity contribution in [1.29, 1.82) is 0 Å². The highest BCUT2D eigenvalue weighted by Crippen LogP contribution is 2.48. The lowest BCUT2D eigenvalue weighted by Gasteiger charge is -2.37. The van der Waals surface area contributed by atoms with Gasteiger partial charge in [0.25, 0.3) is 0 Å². The first-order chi connectivity index (χ1) is 31.6. The average Bonchev–Trinajstić information content (AvgIpc) is 3.37. The minimum atomic E-state index is -0.602. The standard InChI is InChI=1S/C62H48N2/c1-45-24-21-25-46(2)59(45)60-63-57(47-26-22-40-55(42-47)61(49-28-9-3-10-29-49,50-30-11-4-12-31-50)51-32-13-5-14-33-51)44-58(64-60)48-27-23-41-56(43-48)62(52-34-15-6-16-35-52,53-36-17-7-18-37-53)54-38-19-8-20-39-54/h3-44H,1-2H3. The van der Waals surface area contributed by atoms with Crippen molar-refractivity contribution in [2.45, 2.75) is 24.7 Å². The summed E-state index contributed by atoms with van der Waals surface area (Å²) < 4.78 is 0. The van der Waals surface area contributed by atoms with E-state index in [0.717, 1.165) is 50.3 Å². The minimum absolute atomic E-state index is 0.602. The third kappa shape index (κ3) is 7.13. The van der Waals surface area contributed by atoms with E-state index in [-0.39, 0.29) is 0 Å². The average molecular weight is 821 g/mol. The van der Waals surface area contributed by atoms with Gasteiger partial charge in [0.2, 0.25) is 0 Å².